The Morgan fingerprint density at radius 1 is 0.962 bits per heavy atom. The smallest absolute Gasteiger partial charge is 0.238 e. The summed E-state index contributed by atoms with van der Waals surface area (Å²) in [5, 5.41) is 0.589. The Bertz CT molecular complexity index is 842. The van der Waals surface area contributed by atoms with E-state index in [0.717, 1.165) is 18.4 Å². The van der Waals surface area contributed by atoms with Crippen LogP contribution in [0.2, 0.25) is 5.02 Å². The number of rotatable bonds is 1. The molecule has 0 N–H and O–H groups in total. The molecule has 4 aliphatic rings. The zero-order valence-electron chi connectivity index (χ0n) is 14.9. The lowest BCUT2D eigenvalue weighted by atomic mass is 9.85. The van der Waals surface area contributed by atoms with Gasteiger partial charge in [-0.25, -0.2) is 4.90 Å². The molecule has 4 atom stereocenters. The fourth-order valence-corrected chi connectivity index (χ4v) is 5.65. The molecule has 2 saturated carbocycles. The third kappa shape index (κ3) is 2.13. The molecule has 0 aromatic heterocycles. The van der Waals surface area contributed by atoms with Crippen LogP contribution in [0.25, 0.3) is 0 Å². The first kappa shape index (κ1) is 16.3. The molecule has 0 radical (unpaired) electrons. The maximum Gasteiger partial charge on any atom is 0.238 e. The predicted octanol–water partition coefficient (Wildman–Crippen LogP) is 4.83. The lowest BCUT2D eigenvalue weighted by Gasteiger charge is -2.23. The maximum atomic E-state index is 13.2. The minimum atomic E-state index is -0.220. The quantitative estimate of drug-likeness (QED) is 0.526. The lowest BCUT2D eigenvalue weighted by molar-refractivity contribution is -0.122. The molecule has 26 heavy (non-hydrogen) atoms. The Labute approximate surface area is 158 Å². The molecule has 1 aromatic rings. The van der Waals surface area contributed by atoms with Crippen LogP contribution >= 0.6 is 11.6 Å². The first-order valence-corrected chi connectivity index (χ1v) is 10.00. The van der Waals surface area contributed by atoms with Crippen molar-refractivity contribution in [1.82, 2.24) is 0 Å². The summed E-state index contributed by atoms with van der Waals surface area (Å²) in [6.07, 6.45) is 10.4. The molecule has 4 heteroatoms. The summed E-state index contributed by atoms with van der Waals surface area (Å²) in [6.45, 7) is 1.92. The Kier molecular flexibility index (Phi) is 3.65. The van der Waals surface area contributed by atoms with Crippen LogP contribution < -0.4 is 4.90 Å². The fourth-order valence-electron chi connectivity index (χ4n) is 5.48. The summed E-state index contributed by atoms with van der Waals surface area (Å²) >= 11 is 6.23. The van der Waals surface area contributed by atoms with Crippen LogP contribution in [0, 0.1) is 30.6 Å². The lowest BCUT2D eigenvalue weighted by Crippen LogP contribution is -2.33. The molecule has 1 aliphatic heterocycles. The number of benzene rings is 1. The molecular formula is C22H22ClNO2. The van der Waals surface area contributed by atoms with E-state index in [4.69, 9.17) is 11.6 Å². The van der Waals surface area contributed by atoms with Gasteiger partial charge in [-0.2, -0.15) is 0 Å². The van der Waals surface area contributed by atoms with E-state index < -0.39 is 0 Å². The number of fused-ring (bicyclic) bond motifs is 5. The van der Waals surface area contributed by atoms with Gasteiger partial charge in [0.25, 0.3) is 0 Å². The molecule has 3 nitrogen and oxygen atoms in total. The summed E-state index contributed by atoms with van der Waals surface area (Å²) in [4.78, 5) is 27.8. The molecule has 0 spiro atoms. The van der Waals surface area contributed by atoms with Crippen LogP contribution in [-0.4, -0.2) is 11.8 Å². The highest BCUT2D eigenvalue weighted by atomic mass is 35.5. The number of carbonyl (C=O) groups excluding carboxylic acids is 2. The molecular weight excluding hydrogens is 346 g/mol. The van der Waals surface area contributed by atoms with Gasteiger partial charge in [-0.3, -0.25) is 9.59 Å². The Balaban J connectivity index is 1.53. The third-order valence-corrected chi connectivity index (χ3v) is 7.10. The molecule has 5 rings (SSSR count). The average molecular weight is 368 g/mol. The van der Waals surface area contributed by atoms with E-state index >= 15 is 0 Å². The van der Waals surface area contributed by atoms with Crippen molar-refractivity contribution in [2.24, 2.45) is 23.7 Å². The van der Waals surface area contributed by atoms with Gasteiger partial charge in [0.15, 0.2) is 0 Å². The summed E-state index contributed by atoms with van der Waals surface area (Å²) in [6, 6.07) is 5.44. The maximum absolute atomic E-state index is 13.2. The van der Waals surface area contributed by atoms with E-state index in [9.17, 15) is 9.59 Å². The predicted molar refractivity (Wildman–Crippen MR) is 102 cm³/mol. The molecule has 0 unspecified atom stereocenters. The highest BCUT2D eigenvalue weighted by Crippen LogP contribution is 2.58. The van der Waals surface area contributed by atoms with Crippen LogP contribution in [-0.2, 0) is 9.59 Å². The van der Waals surface area contributed by atoms with E-state index in [1.165, 1.54) is 35.3 Å². The van der Waals surface area contributed by atoms with Crippen molar-refractivity contribution in [3.63, 3.8) is 0 Å². The Morgan fingerprint density at radius 3 is 2.15 bits per heavy atom. The van der Waals surface area contributed by atoms with E-state index in [1.54, 1.807) is 6.07 Å². The van der Waals surface area contributed by atoms with E-state index in [1.807, 2.05) is 19.1 Å². The van der Waals surface area contributed by atoms with Gasteiger partial charge in [0.2, 0.25) is 11.8 Å². The highest BCUT2D eigenvalue weighted by Gasteiger charge is 2.62. The van der Waals surface area contributed by atoms with Crippen LogP contribution in [0.1, 0.15) is 37.7 Å². The van der Waals surface area contributed by atoms with E-state index in [-0.39, 0.29) is 35.5 Å². The van der Waals surface area contributed by atoms with Crippen molar-refractivity contribution in [2.75, 3.05) is 4.90 Å². The fraction of sp³-hybridized carbons (Fsp3) is 0.455. The highest BCUT2D eigenvalue weighted by molar-refractivity contribution is 6.32. The van der Waals surface area contributed by atoms with Crippen LogP contribution in [0.15, 0.2) is 41.5 Å². The van der Waals surface area contributed by atoms with Crippen molar-refractivity contribution in [1.29, 1.82) is 0 Å². The molecule has 1 aromatic carbocycles. The molecule has 2 amide bonds. The van der Waals surface area contributed by atoms with Crippen molar-refractivity contribution < 1.29 is 9.59 Å². The molecule has 1 heterocycles. The second-order valence-electron chi connectivity index (χ2n) is 8.05. The van der Waals surface area contributed by atoms with Gasteiger partial charge in [0, 0.05) is 16.9 Å². The minimum absolute atomic E-state index is 0.0503. The first-order valence-electron chi connectivity index (χ1n) is 9.62. The monoisotopic (exact) mass is 367 g/mol. The van der Waals surface area contributed by atoms with Gasteiger partial charge < -0.3 is 0 Å². The second-order valence-corrected chi connectivity index (χ2v) is 8.46. The average Bonchev–Trinajstić information content (AvgIpc) is 3.28. The molecule has 2 bridgehead atoms. The molecule has 3 fully saturated rings. The number of hydrogen-bond acceptors (Lipinski definition) is 2. The zero-order chi connectivity index (χ0) is 18.0. The van der Waals surface area contributed by atoms with Crippen molar-refractivity contribution >= 4 is 29.1 Å². The van der Waals surface area contributed by atoms with Crippen molar-refractivity contribution in [3.8, 4) is 0 Å². The molecule has 3 aliphatic carbocycles. The van der Waals surface area contributed by atoms with Gasteiger partial charge in [-0.15, -0.1) is 0 Å². The molecule has 1 saturated heterocycles. The summed E-state index contributed by atoms with van der Waals surface area (Å²) < 4.78 is 0. The Morgan fingerprint density at radius 2 is 1.58 bits per heavy atom. The van der Waals surface area contributed by atoms with Gasteiger partial charge >= 0.3 is 0 Å². The number of amides is 2. The van der Waals surface area contributed by atoms with Crippen LogP contribution in [0.4, 0.5) is 5.69 Å². The Hall–Kier alpha value is -1.87. The number of imide groups is 1. The first-order chi connectivity index (χ1) is 12.6. The normalized spacial score (nSPS) is 32.8. The van der Waals surface area contributed by atoms with Gasteiger partial charge in [0.05, 0.1) is 17.5 Å². The van der Waals surface area contributed by atoms with E-state index in [2.05, 4.69) is 12.2 Å². The molecule has 134 valence electrons. The third-order valence-electron chi connectivity index (χ3n) is 6.69. The standard InChI is InChI=1S/C22H22ClNO2/c1-12-7-8-14(11-17(12)23)24-21(25)19-15-9-10-16(20(19)22(24)26)18(15)13-5-3-2-4-6-13/h7-11,15-16,19-20H,2-6H2,1H3/t15-,16+,19-,20-/m0/s1. The largest absolute Gasteiger partial charge is 0.274 e. The summed E-state index contributed by atoms with van der Waals surface area (Å²) in [5.74, 6) is -0.290. The number of hydrogen-bond donors (Lipinski definition) is 0. The SMILES string of the molecule is Cc1ccc(N2C(=O)[C@@H]3[C@@H](C2=O)[C@H]2C=C[C@@H]3C2=C2CCCCC2)cc1Cl. The van der Waals surface area contributed by atoms with Crippen molar-refractivity contribution in [3.05, 3.63) is 52.1 Å². The second kappa shape index (κ2) is 5.82. The zero-order valence-corrected chi connectivity index (χ0v) is 15.6. The van der Waals surface area contributed by atoms with Crippen LogP contribution in [0.5, 0.6) is 0 Å². The van der Waals surface area contributed by atoms with Gasteiger partial charge in [-0.1, -0.05) is 47.4 Å². The minimum Gasteiger partial charge on any atom is -0.274 e. The summed E-state index contributed by atoms with van der Waals surface area (Å²) in [7, 11) is 0. The number of carbonyl (C=O) groups is 2. The van der Waals surface area contributed by atoms with E-state index in [0.29, 0.717) is 10.7 Å². The number of nitrogens with zero attached hydrogens (tertiary/aromatic N) is 1. The van der Waals surface area contributed by atoms with Crippen molar-refractivity contribution in [2.45, 2.75) is 39.0 Å². The van der Waals surface area contributed by atoms with Gasteiger partial charge in [0.1, 0.15) is 0 Å². The van der Waals surface area contributed by atoms with Gasteiger partial charge in [-0.05, 0) is 50.3 Å². The number of anilines is 1. The van der Waals surface area contributed by atoms with Crippen LogP contribution in [0.3, 0.4) is 0 Å². The number of aryl methyl sites for hydroxylation is 1. The number of allylic oxidation sites excluding steroid dienone is 4. The number of halogens is 1. The summed E-state index contributed by atoms with van der Waals surface area (Å²) in [5.41, 5.74) is 4.48. The topological polar surface area (TPSA) is 37.4 Å².